The minimum atomic E-state index is -0.658. The molecule has 0 spiro atoms. The van der Waals surface area contributed by atoms with E-state index in [2.05, 4.69) is 31.3 Å². The number of allylic oxidation sites excluding steroid dienone is 2. The van der Waals surface area contributed by atoms with Crippen LogP contribution in [0.2, 0.25) is 0 Å². The molecule has 3 N–H and O–H groups in total. The van der Waals surface area contributed by atoms with Crippen molar-refractivity contribution in [2.45, 2.75) is 482 Å². The molecular formula is C81H159NO5. The highest BCUT2D eigenvalue weighted by molar-refractivity contribution is 5.76. The van der Waals surface area contributed by atoms with Gasteiger partial charge in [-0.25, -0.2) is 0 Å². The van der Waals surface area contributed by atoms with Crippen molar-refractivity contribution in [3.8, 4) is 0 Å². The molecule has 87 heavy (non-hydrogen) atoms. The second-order valence-corrected chi connectivity index (χ2v) is 28.1. The maximum absolute atomic E-state index is 12.5. The van der Waals surface area contributed by atoms with Crippen LogP contribution in [0.25, 0.3) is 0 Å². The zero-order chi connectivity index (χ0) is 62.8. The van der Waals surface area contributed by atoms with Crippen LogP contribution in [-0.4, -0.2) is 47.4 Å². The fraction of sp³-hybridized carbons (Fsp3) is 0.951. The average molecular weight is 1230 g/mol. The molecule has 0 saturated heterocycles. The van der Waals surface area contributed by atoms with Gasteiger partial charge in [0.2, 0.25) is 5.91 Å². The number of esters is 1. The second-order valence-electron chi connectivity index (χ2n) is 28.1. The Morgan fingerprint density at radius 3 is 0.816 bits per heavy atom. The Morgan fingerprint density at radius 1 is 0.310 bits per heavy atom. The van der Waals surface area contributed by atoms with Crippen LogP contribution < -0.4 is 5.32 Å². The van der Waals surface area contributed by atoms with E-state index >= 15 is 0 Å². The van der Waals surface area contributed by atoms with Crippen molar-refractivity contribution in [2.24, 2.45) is 0 Å². The molecule has 6 heteroatoms. The van der Waals surface area contributed by atoms with E-state index in [0.29, 0.717) is 25.9 Å². The molecule has 518 valence electrons. The summed E-state index contributed by atoms with van der Waals surface area (Å²) in [5.74, 6) is -0.00156. The molecular weight excluding hydrogens is 1070 g/mol. The average Bonchev–Trinajstić information content (AvgIpc) is 3.54. The first-order chi connectivity index (χ1) is 43.0. The van der Waals surface area contributed by atoms with Gasteiger partial charge in [-0.1, -0.05) is 418 Å². The minimum Gasteiger partial charge on any atom is -0.466 e. The quantitative estimate of drug-likeness (QED) is 0.0320. The molecule has 0 aromatic rings. The van der Waals surface area contributed by atoms with Gasteiger partial charge in [0.15, 0.2) is 0 Å². The number of nitrogens with one attached hydrogen (secondary N) is 1. The summed E-state index contributed by atoms with van der Waals surface area (Å²) in [6, 6.07) is -0.535. The minimum absolute atomic E-state index is 0.0248. The Bertz CT molecular complexity index is 1320. The van der Waals surface area contributed by atoms with Gasteiger partial charge in [0.25, 0.3) is 0 Å². The third-order valence-electron chi connectivity index (χ3n) is 19.3. The highest BCUT2D eigenvalue weighted by Crippen LogP contribution is 2.20. The fourth-order valence-electron chi connectivity index (χ4n) is 13.2. The van der Waals surface area contributed by atoms with E-state index < -0.39 is 12.1 Å². The van der Waals surface area contributed by atoms with E-state index in [0.717, 1.165) is 38.5 Å². The SMILES string of the molecule is CCCCCCCC/C=C\CCCCCCCCCCCC(=O)OCCCCCCCCCCCCCCCCCCCCCCCCCCCCCCCCCCCCCCCCCC(=O)NC(CO)C(O)CCCCCCCCCCCCCC. The predicted molar refractivity (Wildman–Crippen MR) is 384 cm³/mol. The van der Waals surface area contributed by atoms with Crippen LogP contribution in [0.5, 0.6) is 0 Å². The summed E-state index contributed by atoms with van der Waals surface area (Å²) in [5, 5.41) is 23.3. The number of unbranched alkanes of at least 4 members (excludes halogenated alkanes) is 64. The summed E-state index contributed by atoms with van der Waals surface area (Å²) >= 11 is 0. The van der Waals surface area contributed by atoms with Crippen molar-refractivity contribution >= 4 is 11.9 Å². The number of aliphatic hydroxyl groups excluding tert-OH is 2. The molecule has 0 aromatic carbocycles. The molecule has 0 aliphatic heterocycles. The normalized spacial score (nSPS) is 12.5. The maximum atomic E-state index is 12.5. The highest BCUT2D eigenvalue weighted by Gasteiger charge is 2.20. The number of ether oxygens (including phenoxy) is 1. The van der Waals surface area contributed by atoms with Crippen LogP contribution in [-0.2, 0) is 14.3 Å². The van der Waals surface area contributed by atoms with Crippen LogP contribution in [0.15, 0.2) is 12.2 Å². The first-order valence-corrected chi connectivity index (χ1v) is 40.4. The molecule has 6 nitrogen and oxygen atoms in total. The van der Waals surface area contributed by atoms with Crippen LogP contribution in [0.3, 0.4) is 0 Å². The van der Waals surface area contributed by atoms with Gasteiger partial charge in [0.1, 0.15) is 0 Å². The van der Waals surface area contributed by atoms with E-state index in [1.807, 2.05) is 0 Å². The molecule has 0 fully saturated rings. The number of carbonyl (C=O) groups is 2. The number of rotatable bonds is 77. The lowest BCUT2D eigenvalue weighted by Gasteiger charge is -2.22. The van der Waals surface area contributed by atoms with E-state index in [1.54, 1.807) is 0 Å². The van der Waals surface area contributed by atoms with Gasteiger partial charge in [-0.05, 0) is 51.4 Å². The highest BCUT2D eigenvalue weighted by atomic mass is 16.5. The Morgan fingerprint density at radius 2 is 0.540 bits per heavy atom. The lowest BCUT2D eigenvalue weighted by molar-refractivity contribution is -0.143. The predicted octanol–water partition coefficient (Wildman–Crippen LogP) is 26.7. The van der Waals surface area contributed by atoms with Gasteiger partial charge >= 0.3 is 5.97 Å². The monoisotopic (exact) mass is 1230 g/mol. The van der Waals surface area contributed by atoms with Crippen LogP contribution >= 0.6 is 0 Å². The second kappa shape index (κ2) is 77.1. The summed E-state index contributed by atoms with van der Waals surface area (Å²) in [4.78, 5) is 24.6. The largest absolute Gasteiger partial charge is 0.466 e. The van der Waals surface area contributed by atoms with Crippen molar-refractivity contribution in [3.05, 3.63) is 12.2 Å². The molecule has 0 aliphatic carbocycles. The van der Waals surface area contributed by atoms with Gasteiger partial charge in [-0.15, -0.1) is 0 Å². The van der Waals surface area contributed by atoms with Crippen LogP contribution in [0.4, 0.5) is 0 Å². The van der Waals surface area contributed by atoms with E-state index in [1.165, 1.54) is 398 Å². The Kier molecular flexibility index (Phi) is 75.8. The summed E-state index contributed by atoms with van der Waals surface area (Å²) in [6.45, 7) is 4.99. The molecule has 0 aliphatic rings. The lowest BCUT2D eigenvalue weighted by atomic mass is 10.0. The zero-order valence-corrected chi connectivity index (χ0v) is 59.5. The lowest BCUT2D eigenvalue weighted by Crippen LogP contribution is -2.45. The van der Waals surface area contributed by atoms with Gasteiger partial charge in [0.05, 0.1) is 25.4 Å². The molecule has 0 rings (SSSR count). The van der Waals surface area contributed by atoms with Crippen molar-refractivity contribution in [1.82, 2.24) is 5.32 Å². The van der Waals surface area contributed by atoms with Crippen molar-refractivity contribution in [3.63, 3.8) is 0 Å². The van der Waals surface area contributed by atoms with E-state index in [4.69, 9.17) is 4.74 Å². The number of carbonyl (C=O) groups excluding carboxylic acids is 2. The Balaban J connectivity index is 3.26. The number of aliphatic hydroxyl groups is 2. The maximum Gasteiger partial charge on any atom is 0.305 e. The third-order valence-corrected chi connectivity index (χ3v) is 19.3. The van der Waals surface area contributed by atoms with E-state index in [-0.39, 0.29) is 18.5 Å². The molecule has 0 bridgehead atoms. The summed E-state index contributed by atoms with van der Waals surface area (Å²) in [5.41, 5.74) is 0. The summed E-state index contributed by atoms with van der Waals surface area (Å²) in [7, 11) is 0. The Labute approximate surface area is 546 Å². The third kappa shape index (κ3) is 73.5. The summed E-state index contributed by atoms with van der Waals surface area (Å²) < 4.78 is 5.52. The first kappa shape index (κ1) is 85.6. The van der Waals surface area contributed by atoms with Crippen LogP contribution in [0, 0.1) is 0 Å². The topological polar surface area (TPSA) is 95.9 Å². The molecule has 0 heterocycles. The molecule has 1 amide bonds. The van der Waals surface area contributed by atoms with Crippen LogP contribution in [0.1, 0.15) is 470 Å². The van der Waals surface area contributed by atoms with Gasteiger partial charge in [0, 0.05) is 12.8 Å². The number of hydrogen-bond donors (Lipinski definition) is 3. The fourth-order valence-corrected chi connectivity index (χ4v) is 13.2. The standard InChI is InChI=1S/C81H159NO5/c1-3-5-7-9-11-13-15-17-18-19-41-45-48-51-55-59-63-67-71-75-81(86)87-76-72-68-64-60-56-52-49-46-43-40-38-36-34-32-30-28-26-24-22-20-21-23-25-27-29-31-33-35-37-39-42-44-47-50-54-58-62-66-70-74-80(85)82-78(77-83)79(84)73-69-65-61-57-53-16-14-12-10-8-6-4-2/h17-18,78-79,83-84H,3-16,19-77H2,1-2H3,(H,82,85)/b18-17-. The van der Waals surface area contributed by atoms with Gasteiger partial charge in [-0.3, -0.25) is 9.59 Å². The van der Waals surface area contributed by atoms with E-state index in [9.17, 15) is 19.8 Å². The van der Waals surface area contributed by atoms with Crippen molar-refractivity contribution in [2.75, 3.05) is 13.2 Å². The van der Waals surface area contributed by atoms with Gasteiger partial charge < -0.3 is 20.3 Å². The van der Waals surface area contributed by atoms with Crippen molar-refractivity contribution in [1.29, 1.82) is 0 Å². The molecule has 2 unspecified atom stereocenters. The first-order valence-electron chi connectivity index (χ1n) is 40.4. The molecule has 0 aromatic heterocycles. The summed E-state index contributed by atoms with van der Waals surface area (Å²) in [6.07, 6.45) is 97.6. The smallest absolute Gasteiger partial charge is 0.305 e. The molecule has 0 saturated carbocycles. The Hall–Kier alpha value is -1.40. The number of hydrogen-bond acceptors (Lipinski definition) is 5. The number of amides is 1. The zero-order valence-electron chi connectivity index (χ0n) is 59.5. The van der Waals surface area contributed by atoms with Gasteiger partial charge in [-0.2, -0.15) is 0 Å². The molecule has 0 radical (unpaired) electrons. The molecule has 2 atom stereocenters. The van der Waals surface area contributed by atoms with Crippen molar-refractivity contribution < 1.29 is 24.5 Å².